The maximum Gasteiger partial charge on any atom is 0.236 e. The van der Waals surface area contributed by atoms with Crippen LogP contribution in [0.5, 0.6) is 0 Å². The molecule has 0 aromatic carbocycles. The summed E-state index contributed by atoms with van der Waals surface area (Å²) in [5.41, 5.74) is 0. The van der Waals surface area contributed by atoms with E-state index < -0.39 is 0 Å². The first-order chi connectivity index (χ1) is 9.54. The molecule has 0 bridgehead atoms. The van der Waals surface area contributed by atoms with Gasteiger partial charge in [0.05, 0.1) is 6.54 Å². The minimum absolute atomic E-state index is 0.220. The number of rotatable bonds is 4. The van der Waals surface area contributed by atoms with Crippen molar-refractivity contribution in [1.29, 1.82) is 0 Å². The van der Waals surface area contributed by atoms with Crippen LogP contribution in [0.1, 0.15) is 45.4 Å². The summed E-state index contributed by atoms with van der Waals surface area (Å²) in [7, 11) is 3.67. The Kier molecular flexibility index (Phi) is 5.85. The number of piperidine rings is 1. The van der Waals surface area contributed by atoms with Crippen LogP contribution < -0.4 is 5.32 Å². The highest BCUT2D eigenvalue weighted by Gasteiger charge is 2.25. The van der Waals surface area contributed by atoms with Crippen molar-refractivity contribution in [3.8, 4) is 0 Å². The van der Waals surface area contributed by atoms with Gasteiger partial charge in [-0.25, -0.2) is 0 Å². The lowest BCUT2D eigenvalue weighted by atomic mass is 9.86. The van der Waals surface area contributed by atoms with Crippen molar-refractivity contribution in [2.45, 2.75) is 57.5 Å². The second-order valence-electron chi connectivity index (χ2n) is 6.97. The number of carbonyl (C=O) groups excluding carboxylic acids is 1. The second-order valence-corrected chi connectivity index (χ2v) is 6.97. The Bertz CT molecular complexity index is 311. The zero-order valence-corrected chi connectivity index (χ0v) is 13.4. The van der Waals surface area contributed by atoms with Crippen molar-refractivity contribution in [3.05, 3.63) is 0 Å². The van der Waals surface area contributed by atoms with Gasteiger partial charge in [0.15, 0.2) is 0 Å². The molecule has 2 fully saturated rings. The fourth-order valence-electron chi connectivity index (χ4n) is 3.51. The third-order valence-corrected chi connectivity index (χ3v) is 4.85. The number of nitrogens with one attached hydrogen (secondary N) is 1. The lowest BCUT2D eigenvalue weighted by Crippen LogP contribution is -2.49. The maximum absolute atomic E-state index is 11.7. The van der Waals surface area contributed by atoms with Gasteiger partial charge in [-0.3, -0.25) is 9.69 Å². The quantitative estimate of drug-likeness (QED) is 0.852. The summed E-state index contributed by atoms with van der Waals surface area (Å²) in [6, 6.07) is 1.40. The summed E-state index contributed by atoms with van der Waals surface area (Å²) in [5, 5.41) is 3.86. The SMILES string of the molecule is CC1CCCC(NC2CCN(CC(=O)N(C)C)CC2)C1. The summed E-state index contributed by atoms with van der Waals surface area (Å²) in [4.78, 5) is 15.7. The Morgan fingerprint density at radius 1 is 1.15 bits per heavy atom. The van der Waals surface area contributed by atoms with Gasteiger partial charge < -0.3 is 10.2 Å². The van der Waals surface area contributed by atoms with Gasteiger partial charge >= 0.3 is 0 Å². The molecule has 4 nitrogen and oxygen atoms in total. The highest BCUT2D eigenvalue weighted by Crippen LogP contribution is 2.24. The average molecular weight is 281 g/mol. The monoisotopic (exact) mass is 281 g/mol. The molecule has 2 unspecified atom stereocenters. The standard InChI is InChI=1S/C16H31N3O/c1-13-5-4-6-15(11-13)17-14-7-9-19(10-8-14)12-16(20)18(2)3/h13-15,17H,4-12H2,1-3H3. The van der Waals surface area contributed by atoms with Crippen molar-refractivity contribution in [1.82, 2.24) is 15.1 Å². The Morgan fingerprint density at radius 3 is 2.45 bits per heavy atom. The maximum atomic E-state index is 11.7. The molecule has 1 heterocycles. The van der Waals surface area contributed by atoms with E-state index in [1.54, 1.807) is 4.90 Å². The van der Waals surface area contributed by atoms with Crippen LogP contribution >= 0.6 is 0 Å². The molecule has 1 aliphatic heterocycles. The first kappa shape index (κ1) is 15.8. The lowest BCUT2D eigenvalue weighted by Gasteiger charge is -2.36. The van der Waals surface area contributed by atoms with Crippen molar-refractivity contribution in [2.75, 3.05) is 33.7 Å². The Balaban J connectivity index is 1.67. The number of nitrogens with zero attached hydrogens (tertiary/aromatic N) is 2. The molecule has 116 valence electrons. The fourth-order valence-corrected chi connectivity index (χ4v) is 3.51. The molecule has 0 aromatic rings. The van der Waals surface area contributed by atoms with Gasteiger partial charge in [-0.1, -0.05) is 19.8 Å². The molecule has 20 heavy (non-hydrogen) atoms. The van der Waals surface area contributed by atoms with Crippen molar-refractivity contribution < 1.29 is 4.79 Å². The lowest BCUT2D eigenvalue weighted by molar-refractivity contribution is -0.130. The molecular weight excluding hydrogens is 250 g/mol. The molecule has 1 aliphatic carbocycles. The molecular formula is C16H31N3O. The van der Waals surface area contributed by atoms with E-state index in [9.17, 15) is 4.79 Å². The molecule has 0 radical (unpaired) electrons. The molecule has 2 rings (SSSR count). The van der Waals surface area contributed by atoms with E-state index in [-0.39, 0.29) is 5.91 Å². The number of likely N-dealkylation sites (N-methyl/N-ethyl adjacent to an activating group) is 1. The van der Waals surface area contributed by atoms with Crippen LogP contribution in [0.2, 0.25) is 0 Å². The van der Waals surface area contributed by atoms with E-state index >= 15 is 0 Å². The predicted molar refractivity (Wildman–Crippen MR) is 82.7 cm³/mol. The summed E-state index contributed by atoms with van der Waals surface area (Å²) in [6.07, 6.45) is 7.86. The van der Waals surface area contributed by atoms with Crippen LogP contribution in [0.15, 0.2) is 0 Å². The van der Waals surface area contributed by atoms with Crippen LogP contribution in [0.3, 0.4) is 0 Å². The van der Waals surface area contributed by atoms with Gasteiger partial charge in [0.1, 0.15) is 0 Å². The topological polar surface area (TPSA) is 35.6 Å². The van der Waals surface area contributed by atoms with Crippen molar-refractivity contribution >= 4 is 5.91 Å². The number of hydrogen-bond acceptors (Lipinski definition) is 3. The van der Waals surface area contributed by atoms with Crippen molar-refractivity contribution in [2.24, 2.45) is 5.92 Å². The van der Waals surface area contributed by atoms with Crippen LogP contribution in [0, 0.1) is 5.92 Å². The van der Waals surface area contributed by atoms with Gasteiger partial charge in [-0.2, -0.15) is 0 Å². The van der Waals surface area contributed by atoms with E-state index in [0.29, 0.717) is 12.6 Å². The highest BCUT2D eigenvalue weighted by molar-refractivity contribution is 5.77. The first-order valence-electron chi connectivity index (χ1n) is 8.23. The molecule has 1 saturated heterocycles. The van der Waals surface area contributed by atoms with E-state index in [2.05, 4.69) is 17.1 Å². The van der Waals surface area contributed by atoms with Gasteiger partial charge in [0.25, 0.3) is 0 Å². The minimum Gasteiger partial charge on any atom is -0.348 e. The van der Waals surface area contributed by atoms with Gasteiger partial charge in [-0.15, -0.1) is 0 Å². The van der Waals surface area contributed by atoms with Crippen LogP contribution in [0.4, 0.5) is 0 Å². The molecule has 4 heteroatoms. The van der Waals surface area contributed by atoms with Gasteiger partial charge in [0.2, 0.25) is 5.91 Å². The first-order valence-corrected chi connectivity index (χ1v) is 8.23. The Hall–Kier alpha value is -0.610. The third kappa shape index (κ3) is 4.74. The van der Waals surface area contributed by atoms with E-state index in [0.717, 1.165) is 25.0 Å². The Morgan fingerprint density at radius 2 is 1.85 bits per heavy atom. The fraction of sp³-hybridized carbons (Fsp3) is 0.938. The molecule has 2 aliphatic rings. The molecule has 1 amide bonds. The molecule has 1 saturated carbocycles. The van der Waals surface area contributed by atoms with Gasteiger partial charge in [0, 0.05) is 39.3 Å². The summed E-state index contributed by atoms with van der Waals surface area (Å²) >= 11 is 0. The molecule has 0 spiro atoms. The largest absolute Gasteiger partial charge is 0.348 e. The van der Waals surface area contributed by atoms with E-state index in [4.69, 9.17) is 0 Å². The average Bonchev–Trinajstić information content (AvgIpc) is 2.41. The second kappa shape index (κ2) is 7.41. The summed E-state index contributed by atoms with van der Waals surface area (Å²) < 4.78 is 0. The molecule has 2 atom stereocenters. The number of carbonyl (C=O) groups is 1. The van der Waals surface area contributed by atoms with Crippen molar-refractivity contribution in [3.63, 3.8) is 0 Å². The van der Waals surface area contributed by atoms with E-state index in [1.165, 1.54) is 38.5 Å². The van der Waals surface area contributed by atoms with Crippen LogP contribution in [-0.4, -0.2) is 61.5 Å². The molecule has 1 N–H and O–H groups in total. The zero-order chi connectivity index (χ0) is 14.5. The van der Waals surface area contributed by atoms with Crippen LogP contribution in [-0.2, 0) is 4.79 Å². The number of likely N-dealkylation sites (tertiary alicyclic amines) is 1. The number of hydrogen-bond donors (Lipinski definition) is 1. The van der Waals surface area contributed by atoms with Crippen LogP contribution in [0.25, 0.3) is 0 Å². The van der Waals surface area contributed by atoms with Gasteiger partial charge in [-0.05, 0) is 31.6 Å². The highest BCUT2D eigenvalue weighted by atomic mass is 16.2. The minimum atomic E-state index is 0.220. The zero-order valence-electron chi connectivity index (χ0n) is 13.4. The Labute approximate surface area is 123 Å². The smallest absolute Gasteiger partial charge is 0.236 e. The van der Waals surface area contributed by atoms with E-state index in [1.807, 2.05) is 14.1 Å². The third-order valence-electron chi connectivity index (χ3n) is 4.85. The summed E-state index contributed by atoms with van der Waals surface area (Å²) in [6.45, 7) is 5.07. The summed E-state index contributed by atoms with van der Waals surface area (Å²) in [5.74, 6) is 1.11. The number of amides is 1. The normalized spacial score (nSPS) is 29.4. The predicted octanol–water partition coefficient (Wildman–Crippen LogP) is 1.71. The molecule has 0 aromatic heterocycles.